The molecule has 1 amide bonds. The number of alkyl halides is 3. The SMILES string of the molecule is CCCCCCC(=O)N[C@H](NC(=S)Nc1ccc([N+](=O)[O-])cc1Cl)C(Cl)(Cl)Cl. The number of hydrogen-bond donors (Lipinski definition) is 3. The maximum Gasteiger partial charge on any atom is 0.271 e. The Balaban J connectivity index is 2.70. The van der Waals surface area contributed by atoms with E-state index in [0.717, 1.165) is 25.7 Å². The second-order valence-electron chi connectivity index (χ2n) is 5.87. The molecular formula is C16H20Cl4N4O3S. The topological polar surface area (TPSA) is 96.3 Å². The Morgan fingerprint density at radius 1 is 1.25 bits per heavy atom. The van der Waals surface area contributed by atoms with Gasteiger partial charge in [-0.2, -0.15) is 0 Å². The molecule has 0 bridgehead atoms. The van der Waals surface area contributed by atoms with E-state index in [1.807, 2.05) is 0 Å². The highest BCUT2D eigenvalue weighted by Crippen LogP contribution is 2.30. The molecule has 0 fully saturated rings. The second-order valence-corrected chi connectivity index (χ2v) is 9.06. The number of anilines is 1. The Kier molecular flexibility index (Phi) is 10.5. The van der Waals surface area contributed by atoms with Crippen LogP contribution in [0.15, 0.2) is 18.2 Å². The van der Waals surface area contributed by atoms with Crippen molar-refractivity contribution in [3.05, 3.63) is 33.3 Å². The molecule has 0 heterocycles. The first kappa shape index (κ1) is 25.0. The zero-order valence-corrected chi connectivity index (χ0v) is 18.8. The Labute approximate surface area is 188 Å². The van der Waals surface area contributed by atoms with E-state index in [-0.39, 0.29) is 21.7 Å². The summed E-state index contributed by atoms with van der Waals surface area (Å²) in [6.07, 6.45) is 2.98. The van der Waals surface area contributed by atoms with Gasteiger partial charge in [-0.05, 0) is 24.7 Å². The molecule has 3 N–H and O–H groups in total. The number of nitro groups is 1. The number of amides is 1. The summed E-state index contributed by atoms with van der Waals surface area (Å²) in [5.74, 6) is -0.281. The number of benzene rings is 1. The van der Waals surface area contributed by atoms with Crippen LogP contribution in [-0.4, -0.2) is 25.9 Å². The lowest BCUT2D eigenvalue weighted by Crippen LogP contribution is -2.56. The lowest BCUT2D eigenvalue weighted by molar-refractivity contribution is -0.384. The van der Waals surface area contributed by atoms with Crippen LogP contribution in [0.3, 0.4) is 0 Å². The van der Waals surface area contributed by atoms with Gasteiger partial charge < -0.3 is 16.0 Å². The van der Waals surface area contributed by atoms with Gasteiger partial charge in [0.05, 0.1) is 15.6 Å². The highest BCUT2D eigenvalue weighted by atomic mass is 35.6. The van der Waals surface area contributed by atoms with Crippen molar-refractivity contribution in [2.75, 3.05) is 5.32 Å². The number of halogens is 4. The van der Waals surface area contributed by atoms with E-state index < -0.39 is 14.9 Å². The molecule has 1 rings (SSSR count). The van der Waals surface area contributed by atoms with Crippen molar-refractivity contribution in [2.24, 2.45) is 0 Å². The van der Waals surface area contributed by atoms with Crippen LogP contribution < -0.4 is 16.0 Å². The summed E-state index contributed by atoms with van der Waals surface area (Å²) >= 11 is 28.9. The Morgan fingerprint density at radius 2 is 1.93 bits per heavy atom. The summed E-state index contributed by atoms with van der Waals surface area (Å²) in [5.41, 5.74) is 0.155. The molecular weight excluding hydrogens is 470 g/mol. The minimum absolute atomic E-state index is 0.0124. The number of unbranched alkanes of at least 4 members (excludes halogenated alkanes) is 3. The number of nitrogens with zero attached hydrogens (tertiary/aromatic N) is 1. The summed E-state index contributed by atoms with van der Waals surface area (Å²) in [4.78, 5) is 22.3. The van der Waals surface area contributed by atoms with Gasteiger partial charge in [-0.15, -0.1) is 0 Å². The van der Waals surface area contributed by atoms with E-state index in [0.29, 0.717) is 12.1 Å². The van der Waals surface area contributed by atoms with E-state index in [9.17, 15) is 14.9 Å². The van der Waals surface area contributed by atoms with Crippen molar-refractivity contribution in [3.8, 4) is 0 Å². The molecule has 0 aliphatic heterocycles. The van der Waals surface area contributed by atoms with E-state index in [1.54, 1.807) is 0 Å². The van der Waals surface area contributed by atoms with Crippen molar-refractivity contribution in [1.29, 1.82) is 0 Å². The number of non-ortho nitro benzene ring substituents is 1. The smallest absolute Gasteiger partial charge is 0.271 e. The first-order valence-corrected chi connectivity index (χ1v) is 10.3. The van der Waals surface area contributed by atoms with E-state index in [1.165, 1.54) is 18.2 Å². The molecule has 12 heteroatoms. The fraction of sp³-hybridized carbons (Fsp3) is 0.500. The molecule has 0 saturated heterocycles. The summed E-state index contributed by atoms with van der Waals surface area (Å²) in [6, 6.07) is 3.84. The van der Waals surface area contributed by atoms with Gasteiger partial charge in [0.15, 0.2) is 5.11 Å². The predicted octanol–water partition coefficient (Wildman–Crippen LogP) is 5.32. The third-order valence-corrected chi connectivity index (χ3v) is 4.76. The highest BCUT2D eigenvalue weighted by Gasteiger charge is 2.34. The molecule has 1 atom stereocenters. The highest BCUT2D eigenvalue weighted by molar-refractivity contribution is 7.80. The molecule has 7 nitrogen and oxygen atoms in total. The van der Waals surface area contributed by atoms with Crippen LogP contribution in [0.25, 0.3) is 0 Å². The lowest BCUT2D eigenvalue weighted by Gasteiger charge is -2.28. The number of carbonyl (C=O) groups is 1. The fourth-order valence-electron chi connectivity index (χ4n) is 2.15. The molecule has 1 aromatic rings. The third-order valence-electron chi connectivity index (χ3n) is 3.58. The molecule has 28 heavy (non-hydrogen) atoms. The van der Waals surface area contributed by atoms with Crippen LogP contribution in [0.5, 0.6) is 0 Å². The second kappa shape index (κ2) is 11.8. The van der Waals surface area contributed by atoms with Crippen LogP contribution in [0, 0.1) is 10.1 Å². The number of carbonyl (C=O) groups excluding carboxylic acids is 1. The normalized spacial score (nSPS) is 12.2. The van der Waals surface area contributed by atoms with E-state index in [2.05, 4.69) is 22.9 Å². The maximum atomic E-state index is 12.1. The zero-order valence-electron chi connectivity index (χ0n) is 14.9. The van der Waals surface area contributed by atoms with E-state index >= 15 is 0 Å². The Hall–Kier alpha value is -1.06. The number of hydrogen-bond acceptors (Lipinski definition) is 4. The fourth-order valence-corrected chi connectivity index (χ4v) is 2.93. The van der Waals surface area contributed by atoms with Gasteiger partial charge in [-0.25, -0.2) is 0 Å². The zero-order chi connectivity index (χ0) is 21.3. The third kappa shape index (κ3) is 8.96. The molecule has 0 unspecified atom stereocenters. The summed E-state index contributed by atoms with van der Waals surface area (Å²) in [6.45, 7) is 2.08. The van der Waals surface area contributed by atoms with Crippen molar-refractivity contribution >= 4 is 81.0 Å². The molecule has 0 saturated carbocycles. The van der Waals surface area contributed by atoms with Gasteiger partial charge in [0.1, 0.15) is 6.17 Å². The lowest BCUT2D eigenvalue weighted by atomic mass is 10.1. The molecule has 0 radical (unpaired) electrons. The first-order chi connectivity index (χ1) is 13.0. The van der Waals surface area contributed by atoms with Crippen LogP contribution in [0.2, 0.25) is 5.02 Å². The standard InChI is InChI=1S/C16H20Cl4N4O3S/c1-2-3-4-5-6-13(25)22-14(16(18,19)20)23-15(28)21-12-8-7-10(24(26)27)9-11(12)17/h7-9,14H,2-6H2,1H3,(H,22,25)(H2,21,23,28)/t14-/m1/s1. The molecule has 1 aromatic carbocycles. The van der Waals surface area contributed by atoms with Gasteiger partial charge >= 0.3 is 0 Å². The monoisotopic (exact) mass is 488 g/mol. The summed E-state index contributed by atoms with van der Waals surface area (Å²) in [5, 5.41) is 18.9. The van der Waals surface area contributed by atoms with Gasteiger partial charge in [0, 0.05) is 18.6 Å². The molecule has 0 spiro atoms. The van der Waals surface area contributed by atoms with Gasteiger partial charge in [-0.1, -0.05) is 72.6 Å². The average Bonchev–Trinajstić information content (AvgIpc) is 2.59. The summed E-state index contributed by atoms with van der Waals surface area (Å²) < 4.78 is -1.87. The Bertz CT molecular complexity index is 716. The van der Waals surface area contributed by atoms with Crippen molar-refractivity contribution in [3.63, 3.8) is 0 Å². The molecule has 0 aliphatic carbocycles. The van der Waals surface area contributed by atoms with E-state index in [4.69, 9.17) is 58.6 Å². The van der Waals surface area contributed by atoms with Gasteiger partial charge in [0.2, 0.25) is 9.70 Å². The number of nitro benzene ring substituents is 1. The first-order valence-electron chi connectivity index (χ1n) is 8.42. The minimum atomic E-state index is -1.87. The predicted molar refractivity (Wildman–Crippen MR) is 118 cm³/mol. The average molecular weight is 490 g/mol. The maximum absolute atomic E-state index is 12.1. The van der Waals surface area contributed by atoms with Crippen molar-refractivity contribution in [2.45, 2.75) is 49.0 Å². The quantitative estimate of drug-likeness (QED) is 0.108. The summed E-state index contributed by atoms with van der Waals surface area (Å²) in [7, 11) is 0. The van der Waals surface area contributed by atoms with Crippen LogP contribution in [-0.2, 0) is 4.79 Å². The van der Waals surface area contributed by atoms with Gasteiger partial charge in [-0.3, -0.25) is 14.9 Å². The number of nitrogens with one attached hydrogen (secondary N) is 3. The van der Waals surface area contributed by atoms with Crippen molar-refractivity contribution in [1.82, 2.24) is 10.6 Å². The van der Waals surface area contributed by atoms with Gasteiger partial charge in [0.25, 0.3) is 5.69 Å². The minimum Gasteiger partial charge on any atom is -0.339 e. The number of rotatable bonds is 9. The number of thiocarbonyl (C=S) groups is 1. The molecule has 156 valence electrons. The van der Waals surface area contributed by atoms with Crippen molar-refractivity contribution < 1.29 is 9.72 Å². The largest absolute Gasteiger partial charge is 0.339 e. The Morgan fingerprint density at radius 3 is 2.46 bits per heavy atom. The van der Waals surface area contributed by atoms with Crippen LogP contribution in [0.1, 0.15) is 39.0 Å². The van der Waals surface area contributed by atoms with Crippen LogP contribution >= 0.6 is 58.6 Å². The molecule has 0 aliphatic rings. The van der Waals surface area contributed by atoms with Crippen LogP contribution in [0.4, 0.5) is 11.4 Å². The molecule has 0 aromatic heterocycles.